The van der Waals surface area contributed by atoms with E-state index >= 15 is 0 Å². The van der Waals surface area contributed by atoms with E-state index in [1.54, 1.807) is 36.0 Å². The summed E-state index contributed by atoms with van der Waals surface area (Å²) in [4.78, 5) is 1.23. The SMILES string of the molecule is Cc1ccc(S(=O)(=O)OC[C@H]2OC(Sc3ccccc3)C[C@@H]2OCc2ccccc2)cc1. The summed E-state index contributed by atoms with van der Waals surface area (Å²) in [5, 5.41) is 0. The summed E-state index contributed by atoms with van der Waals surface area (Å²) in [5.41, 5.74) is 1.89. The minimum atomic E-state index is -3.87. The number of rotatable bonds is 9. The van der Waals surface area contributed by atoms with Gasteiger partial charge in [-0.15, -0.1) is 0 Å². The van der Waals surface area contributed by atoms with Gasteiger partial charge >= 0.3 is 0 Å². The zero-order valence-electron chi connectivity index (χ0n) is 17.8. The molecule has 1 heterocycles. The van der Waals surface area contributed by atoms with Crippen molar-refractivity contribution in [3.05, 3.63) is 96.1 Å². The van der Waals surface area contributed by atoms with Gasteiger partial charge in [-0.1, -0.05) is 78.0 Å². The van der Waals surface area contributed by atoms with Crippen molar-refractivity contribution in [3.63, 3.8) is 0 Å². The molecule has 32 heavy (non-hydrogen) atoms. The van der Waals surface area contributed by atoms with Gasteiger partial charge in [0.05, 0.1) is 24.2 Å². The largest absolute Gasteiger partial charge is 0.371 e. The number of aryl methyl sites for hydroxylation is 1. The molecule has 0 saturated carbocycles. The fourth-order valence-corrected chi connectivity index (χ4v) is 5.46. The lowest BCUT2D eigenvalue weighted by atomic mass is 10.2. The van der Waals surface area contributed by atoms with Gasteiger partial charge in [0.15, 0.2) is 0 Å². The zero-order valence-corrected chi connectivity index (χ0v) is 19.4. The van der Waals surface area contributed by atoms with Crippen LogP contribution in [0.5, 0.6) is 0 Å². The highest BCUT2D eigenvalue weighted by Gasteiger charge is 2.38. The van der Waals surface area contributed by atoms with E-state index in [9.17, 15) is 8.42 Å². The summed E-state index contributed by atoms with van der Waals surface area (Å²) in [6, 6.07) is 26.5. The summed E-state index contributed by atoms with van der Waals surface area (Å²) >= 11 is 1.60. The van der Waals surface area contributed by atoms with Gasteiger partial charge in [0, 0.05) is 11.3 Å². The molecular formula is C25H26O5S2. The van der Waals surface area contributed by atoms with E-state index in [2.05, 4.69) is 0 Å². The van der Waals surface area contributed by atoms with Gasteiger partial charge in [0.2, 0.25) is 0 Å². The van der Waals surface area contributed by atoms with Gasteiger partial charge in [0.25, 0.3) is 10.1 Å². The molecule has 1 saturated heterocycles. The fourth-order valence-electron chi connectivity index (χ4n) is 3.44. The first-order valence-corrected chi connectivity index (χ1v) is 12.8. The van der Waals surface area contributed by atoms with Gasteiger partial charge in [0.1, 0.15) is 11.5 Å². The van der Waals surface area contributed by atoms with Gasteiger partial charge in [-0.25, -0.2) is 0 Å². The van der Waals surface area contributed by atoms with E-state index in [0.717, 1.165) is 16.0 Å². The van der Waals surface area contributed by atoms with E-state index in [-0.39, 0.29) is 23.0 Å². The molecule has 4 rings (SSSR count). The Morgan fingerprint density at radius 1 is 0.938 bits per heavy atom. The molecule has 0 amide bonds. The van der Waals surface area contributed by atoms with Crippen LogP contribution in [0, 0.1) is 6.92 Å². The highest BCUT2D eigenvalue weighted by atomic mass is 32.2. The van der Waals surface area contributed by atoms with Gasteiger partial charge in [-0.05, 0) is 36.8 Å². The Morgan fingerprint density at radius 3 is 2.28 bits per heavy atom. The maximum absolute atomic E-state index is 12.6. The molecular weight excluding hydrogens is 444 g/mol. The van der Waals surface area contributed by atoms with Crippen molar-refractivity contribution in [3.8, 4) is 0 Å². The van der Waals surface area contributed by atoms with Gasteiger partial charge in [-0.2, -0.15) is 8.42 Å². The molecule has 0 N–H and O–H groups in total. The quantitative estimate of drug-likeness (QED) is 0.401. The van der Waals surface area contributed by atoms with Gasteiger partial charge in [-0.3, -0.25) is 4.18 Å². The molecule has 0 spiro atoms. The van der Waals surface area contributed by atoms with Crippen LogP contribution in [-0.4, -0.2) is 32.7 Å². The predicted molar refractivity (Wildman–Crippen MR) is 125 cm³/mol. The van der Waals surface area contributed by atoms with E-state index in [1.165, 1.54) is 0 Å². The minimum Gasteiger partial charge on any atom is -0.371 e. The molecule has 1 fully saturated rings. The van der Waals surface area contributed by atoms with Crippen molar-refractivity contribution in [2.24, 2.45) is 0 Å². The second-order valence-corrected chi connectivity index (χ2v) is 10.5. The van der Waals surface area contributed by atoms with Crippen molar-refractivity contribution in [1.29, 1.82) is 0 Å². The van der Waals surface area contributed by atoms with Crippen LogP contribution in [-0.2, 0) is 30.4 Å². The molecule has 0 bridgehead atoms. The second-order valence-electron chi connectivity index (χ2n) is 7.66. The summed E-state index contributed by atoms with van der Waals surface area (Å²) in [7, 11) is -3.87. The Kier molecular flexibility index (Phi) is 7.65. The van der Waals surface area contributed by atoms with Crippen molar-refractivity contribution in [1.82, 2.24) is 0 Å². The summed E-state index contributed by atoms with van der Waals surface area (Å²) in [5.74, 6) is 0. The average Bonchev–Trinajstić information content (AvgIpc) is 3.19. The Balaban J connectivity index is 1.42. The summed E-state index contributed by atoms with van der Waals surface area (Å²) in [6.45, 7) is 2.24. The number of hydrogen-bond acceptors (Lipinski definition) is 6. The number of ether oxygens (including phenoxy) is 2. The molecule has 1 aliphatic rings. The minimum absolute atomic E-state index is 0.0957. The van der Waals surface area contributed by atoms with E-state index < -0.39 is 16.2 Å². The Morgan fingerprint density at radius 2 is 1.59 bits per heavy atom. The standard InChI is InChI=1S/C25H26O5S2/c1-19-12-14-22(15-13-19)32(26,27)29-18-24-23(28-17-20-8-4-2-5-9-20)16-25(30-24)31-21-10-6-3-7-11-21/h2-15,23-25H,16-18H2,1H3/t23-,24+,25?/m0/s1. The lowest BCUT2D eigenvalue weighted by Gasteiger charge is -2.19. The lowest BCUT2D eigenvalue weighted by molar-refractivity contribution is -0.0371. The van der Waals surface area contributed by atoms with Crippen molar-refractivity contribution < 1.29 is 22.1 Å². The second kappa shape index (κ2) is 10.6. The monoisotopic (exact) mass is 470 g/mol. The first-order valence-electron chi connectivity index (χ1n) is 10.5. The number of benzene rings is 3. The first-order chi connectivity index (χ1) is 15.5. The molecule has 0 aliphatic carbocycles. The number of hydrogen-bond donors (Lipinski definition) is 0. The Labute approximate surface area is 193 Å². The number of thioether (sulfide) groups is 1. The normalized spacial score (nSPS) is 21.0. The van der Waals surface area contributed by atoms with Crippen molar-refractivity contribution >= 4 is 21.9 Å². The third-order valence-electron chi connectivity index (χ3n) is 5.18. The van der Waals surface area contributed by atoms with Crippen LogP contribution in [0.15, 0.2) is 94.7 Å². The smallest absolute Gasteiger partial charge is 0.297 e. The molecule has 1 unspecified atom stereocenters. The molecule has 3 aromatic carbocycles. The zero-order chi connectivity index (χ0) is 22.4. The van der Waals surface area contributed by atoms with Crippen LogP contribution in [0.25, 0.3) is 0 Å². The summed E-state index contributed by atoms with van der Waals surface area (Å²) < 4.78 is 43.0. The highest BCUT2D eigenvalue weighted by Crippen LogP contribution is 2.36. The maximum Gasteiger partial charge on any atom is 0.297 e. The van der Waals surface area contributed by atoms with Crippen LogP contribution >= 0.6 is 11.8 Å². The summed E-state index contributed by atoms with van der Waals surface area (Å²) in [6.07, 6.45) is -0.116. The third-order valence-corrected chi connectivity index (χ3v) is 7.59. The topological polar surface area (TPSA) is 61.8 Å². The molecule has 5 nitrogen and oxygen atoms in total. The van der Waals surface area contributed by atoms with Crippen LogP contribution in [0.1, 0.15) is 17.5 Å². The third kappa shape index (κ3) is 6.21. The van der Waals surface area contributed by atoms with Crippen LogP contribution < -0.4 is 0 Å². The molecule has 3 atom stereocenters. The average molecular weight is 471 g/mol. The molecule has 7 heteroatoms. The van der Waals surface area contributed by atoms with Crippen molar-refractivity contribution in [2.75, 3.05) is 6.61 Å². The van der Waals surface area contributed by atoms with E-state index in [0.29, 0.717) is 13.0 Å². The van der Waals surface area contributed by atoms with Crippen LogP contribution in [0.2, 0.25) is 0 Å². The molecule has 0 radical (unpaired) electrons. The molecule has 3 aromatic rings. The Hall–Kier alpha value is -2.16. The maximum atomic E-state index is 12.6. The van der Waals surface area contributed by atoms with Gasteiger partial charge < -0.3 is 9.47 Å². The fraction of sp³-hybridized carbons (Fsp3) is 0.280. The molecule has 0 aromatic heterocycles. The van der Waals surface area contributed by atoms with Crippen molar-refractivity contribution in [2.45, 2.75) is 47.4 Å². The lowest BCUT2D eigenvalue weighted by Crippen LogP contribution is -2.30. The molecule has 168 valence electrons. The highest BCUT2D eigenvalue weighted by molar-refractivity contribution is 7.99. The van der Waals surface area contributed by atoms with E-state index in [4.69, 9.17) is 13.7 Å². The predicted octanol–water partition coefficient (Wildman–Crippen LogP) is 5.19. The van der Waals surface area contributed by atoms with Crippen LogP contribution in [0.3, 0.4) is 0 Å². The van der Waals surface area contributed by atoms with Crippen LogP contribution in [0.4, 0.5) is 0 Å². The molecule has 1 aliphatic heterocycles. The first kappa shape index (κ1) is 23.0. The Bertz CT molecular complexity index is 1090. The van der Waals surface area contributed by atoms with E-state index in [1.807, 2.05) is 67.6 Å².